The van der Waals surface area contributed by atoms with E-state index in [-0.39, 0.29) is 36.3 Å². The number of ether oxygens (including phenoxy) is 1. The fraction of sp³-hybridized carbons (Fsp3) is 0.389. The molecule has 2 amide bonds. The molecule has 1 aromatic heterocycles. The summed E-state index contributed by atoms with van der Waals surface area (Å²) in [5, 5.41) is 17.1. The van der Waals surface area contributed by atoms with Gasteiger partial charge in [0.2, 0.25) is 0 Å². The van der Waals surface area contributed by atoms with E-state index in [1.165, 1.54) is 15.6 Å². The predicted octanol–water partition coefficient (Wildman–Crippen LogP) is 1.18. The van der Waals surface area contributed by atoms with Gasteiger partial charge in [0, 0.05) is 31.2 Å². The molecule has 2 N–H and O–H groups in total. The molecule has 0 saturated carbocycles. The number of aliphatic hydroxyl groups excluding tert-OH is 1. The van der Waals surface area contributed by atoms with Crippen LogP contribution in [-0.4, -0.2) is 64.4 Å². The number of hydrogen-bond acceptors (Lipinski definition) is 5. The highest BCUT2D eigenvalue weighted by Gasteiger charge is 2.25. The van der Waals surface area contributed by atoms with Crippen molar-refractivity contribution in [3.05, 3.63) is 46.7 Å². The molecule has 1 aliphatic rings. The van der Waals surface area contributed by atoms with Gasteiger partial charge in [-0.1, -0.05) is 17.7 Å². The summed E-state index contributed by atoms with van der Waals surface area (Å²) in [6.07, 6.45) is -0.110. The van der Waals surface area contributed by atoms with E-state index in [1.54, 1.807) is 19.2 Å². The molecular weight excluding hydrogens is 372 g/mol. The number of aromatic nitrogens is 2. The lowest BCUT2D eigenvalue weighted by atomic mass is 10.3. The summed E-state index contributed by atoms with van der Waals surface area (Å²) in [5.74, 6) is 0.0372. The summed E-state index contributed by atoms with van der Waals surface area (Å²) in [6.45, 7) is 1.24. The van der Waals surface area contributed by atoms with Crippen molar-refractivity contribution in [3.63, 3.8) is 0 Å². The van der Waals surface area contributed by atoms with Gasteiger partial charge in [-0.3, -0.25) is 14.3 Å². The topological polar surface area (TPSA) is 96.7 Å². The van der Waals surface area contributed by atoms with Crippen LogP contribution >= 0.6 is 11.6 Å². The van der Waals surface area contributed by atoms with Crippen molar-refractivity contribution in [1.29, 1.82) is 0 Å². The second-order valence-corrected chi connectivity index (χ2v) is 6.78. The van der Waals surface area contributed by atoms with Crippen molar-refractivity contribution in [2.75, 3.05) is 26.7 Å². The maximum Gasteiger partial charge on any atom is 0.274 e. The average molecular weight is 393 g/mol. The van der Waals surface area contributed by atoms with Crippen LogP contribution in [0.25, 0.3) is 0 Å². The molecule has 1 aromatic carbocycles. The van der Waals surface area contributed by atoms with Gasteiger partial charge in [0.15, 0.2) is 5.69 Å². The molecule has 0 saturated heterocycles. The van der Waals surface area contributed by atoms with Crippen LogP contribution < -0.4 is 10.1 Å². The second-order valence-electron chi connectivity index (χ2n) is 6.35. The molecule has 2 aromatic rings. The lowest BCUT2D eigenvalue weighted by Crippen LogP contribution is -2.31. The van der Waals surface area contributed by atoms with E-state index < -0.39 is 6.10 Å². The van der Waals surface area contributed by atoms with Gasteiger partial charge in [-0.15, -0.1) is 0 Å². The van der Waals surface area contributed by atoms with E-state index in [0.29, 0.717) is 30.3 Å². The van der Waals surface area contributed by atoms with Gasteiger partial charge in [-0.2, -0.15) is 5.10 Å². The maximum atomic E-state index is 12.5. The first-order chi connectivity index (χ1) is 12.9. The van der Waals surface area contributed by atoms with E-state index in [9.17, 15) is 14.7 Å². The highest BCUT2D eigenvalue weighted by Crippen LogP contribution is 2.17. The Hall–Kier alpha value is -2.58. The SMILES string of the molecule is CN(CCCOc1cccc(Cl)c1)C(=O)c1cc2n(n1)C[C@H](O)CNC2=O. The van der Waals surface area contributed by atoms with E-state index >= 15 is 0 Å². The van der Waals surface area contributed by atoms with Crippen LogP contribution in [0.15, 0.2) is 30.3 Å². The average Bonchev–Trinajstić information content (AvgIpc) is 3.00. The second kappa shape index (κ2) is 8.41. The molecule has 1 aliphatic heterocycles. The summed E-state index contributed by atoms with van der Waals surface area (Å²) in [5.41, 5.74) is 0.445. The first-order valence-electron chi connectivity index (χ1n) is 8.62. The van der Waals surface area contributed by atoms with E-state index in [4.69, 9.17) is 16.3 Å². The first kappa shape index (κ1) is 19.2. The van der Waals surface area contributed by atoms with E-state index in [1.807, 2.05) is 12.1 Å². The molecule has 3 rings (SSSR count). The summed E-state index contributed by atoms with van der Waals surface area (Å²) >= 11 is 5.90. The van der Waals surface area contributed by atoms with Crippen LogP contribution in [0.4, 0.5) is 0 Å². The Kier molecular flexibility index (Phi) is 5.98. The predicted molar refractivity (Wildman–Crippen MR) is 99.1 cm³/mol. The molecular formula is C18H21ClN4O4. The van der Waals surface area contributed by atoms with Crippen molar-refractivity contribution in [3.8, 4) is 5.75 Å². The number of β-amino-alcohol motifs (C(OH)–C–C–N with tert-alkyl or cyclic N) is 1. The van der Waals surface area contributed by atoms with Crippen LogP contribution in [0, 0.1) is 0 Å². The Balaban J connectivity index is 1.54. The quantitative estimate of drug-likeness (QED) is 0.719. The number of aliphatic hydroxyl groups is 1. The summed E-state index contributed by atoms with van der Waals surface area (Å²) in [7, 11) is 1.67. The van der Waals surface area contributed by atoms with Gasteiger partial charge in [0.1, 0.15) is 11.4 Å². The van der Waals surface area contributed by atoms with Crippen LogP contribution in [-0.2, 0) is 6.54 Å². The van der Waals surface area contributed by atoms with Crippen molar-refractivity contribution in [2.45, 2.75) is 19.1 Å². The largest absolute Gasteiger partial charge is 0.493 e. The number of fused-ring (bicyclic) bond motifs is 1. The van der Waals surface area contributed by atoms with Gasteiger partial charge >= 0.3 is 0 Å². The molecule has 0 aliphatic carbocycles. The Bertz CT molecular complexity index is 839. The molecule has 0 radical (unpaired) electrons. The van der Waals surface area contributed by atoms with Crippen LogP contribution in [0.2, 0.25) is 5.02 Å². The van der Waals surface area contributed by atoms with E-state index in [2.05, 4.69) is 10.4 Å². The molecule has 2 heterocycles. The zero-order valence-corrected chi connectivity index (χ0v) is 15.6. The lowest BCUT2D eigenvalue weighted by molar-refractivity contribution is 0.0779. The number of hydrogen-bond donors (Lipinski definition) is 2. The van der Waals surface area contributed by atoms with E-state index in [0.717, 1.165) is 0 Å². The third kappa shape index (κ3) is 4.78. The van der Waals surface area contributed by atoms with Crippen LogP contribution in [0.1, 0.15) is 27.4 Å². The smallest absolute Gasteiger partial charge is 0.274 e. The third-order valence-electron chi connectivity index (χ3n) is 4.16. The zero-order valence-electron chi connectivity index (χ0n) is 14.9. The van der Waals surface area contributed by atoms with Crippen molar-refractivity contribution in [1.82, 2.24) is 20.0 Å². The number of nitrogens with one attached hydrogen (secondary N) is 1. The van der Waals surface area contributed by atoms with Crippen molar-refractivity contribution < 1.29 is 19.4 Å². The van der Waals surface area contributed by atoms with Crippen molar-refractivity contribution >= 4 is 23.4 Å². The summed E-state index contributed by atoms with van der Waals surface area (Å²) in [4.78, 5) is 26.1. The number of nitrogens with zero attached hydrogens (tertiary/aromatic N) is 3. The zero-order chi connectivity index (χ0) is 19.4. The molecule has 27 heavy (non-hydrogen) atoms. The first-order valence-corrected chi connectivity index (χ1v) is 9.00. The van der Waals surface area contributed by atoms with Crippen LogP contribution in [0.3, 0.4) is 0 Å². The highest BCUT2D eigenvalue weighted by molar-refractivity contribution is 6.30. The fourth-order valence-electron chi connectivity index (χ4n) is 2.75. The normalized spacial score (nSPS) is 16.3. The molecule has 1 atom stereocenters. The maximum absolute atomic E-state index is 12.5. The van der Waals surface area contributed by atoms with Gasteiger partial charge in [0.05, 0.1) is 19.3 Å². The standard InChI is InChI=1S/C18H21ClN4O4/c1-22(6-3-7-27-14-5-2-4-12(19)8-14)18(26)15-9-16-17(25)20-10-13(24)11-23(16)21-15/h2,4-5,8-9,13,24H,3,6-7,10-11H2,1H3,(H,20,25)/t13-/m1/s1. The Labute approximate surface area is 161 Å². The number of halogens is 1. The van der Waals surface area contributed by atoms with Gasteiger partial charge < -0.3 is 20.1 Å². The van der Waals surface area contributed by atoms with Gasteiger partial charge in [-0.05, 0) is 24.6 Å². The number of amides is 2. The Morgan fingerprint density at radius 1 is 1.48 bits per heavy atom. The number of benzene rings is 1. The molecule has 0 fully saturated rings. The number of carbonyl (C=O) groups excluding carboxylic acids is 2. The molecule has 0 unspecified atom stereocenters. The molecule has 144 valence electrons. The van der Waals surface area contributed by atoms with Gasteiger partial charge in [0.25, 0.3) is 11.8 Å². The number of rotatable bonds is 6. The Morgan fingerprint density at radius 2 is 2.30 bits per heavy atom. The van der Waals surface area contributed by atoms with Gasteiger partial charge in [-0.25, -0.2) is 0 Å². The molecule has 8 nitrogen and oxygen atoms in total. The Morgan fingerprint density at radius 3 is 3.07 bits per heavy atom. The number of carbonyl (C=O) groups is 2. The monoisotopic (exact) mass is 392 g/mol. The molecule has 0 bridgehead atoms. The van der Waals surface area contributed by atoms with Crippen LogP contribution in [0.5, 0.6) is 5.75 Å². The summed E-state index contributed by atoms with van der Waals surface area (Å²) in [6, 6.07) is 8.58. The molecule has 9 heteroatoms. The third-order valence-corrected chi connectivity index (χ3v) is 4.40. The minimum Gasteiger partial charge on any atom is -0.493 e. The molecule has 0 spiro atoms. The minimum atomic E-state index is -0.737. The minimum absolute atomic E-state index is 0.165. The highest BCUT2D eigenvalue weighted by atomic mass is 35.5. The lowest BCUT2D eigenvalue weighted by Gasteiger charge is -2.16. The fourth-order valence-corrected chi connectivity index (χ4v) is 2.93. The summed E-state index contributed by atoms with van der Waals surface area (Å²) < 4.78 is 6.98. The van der Waals surface area contributed by atoms with Crippen molar-refractivity contribution in [2.24, 2.45) is 0 Å².